The SMILES string of the molecule is O=C1C(Cc2cccnc2)CCCCCC1Cc1ccc[nH]c1=O. The summed E-state index contributed by atoms with van der Waals surface area (Å²) in [6.45, 7) is 0. The Labute approximate surface area is 142 Å². The van der Waals surface area contributed by atoms with Crippen molar-refractivity contribution in [2.24, 2.45) is 11.8 Å². The van der Waals surface area contributed by atoms with Crippen LogP contribution in [0.25, 0.3) is 0 Å². The van der Waals surface area contributed by atoms with Crippen LogP contribution in [-0.4, -0.2) is 15.8 Å². The minimum atomic E-state index is -0.0730. The minimum absolute atomic E-state index is 0.0438. The number of nitrogens with one attached hydrogen (secondary N) is 1. The van der Waals surface area contributed by atoms with Crippen LogP contribution in [0.4, 0.5) is 0 Å². The Morgan fingerprint density at radius 2 is 1.79 bits per heavy atom. The molecule has 0 saturated heterocycles. The number of hydrogen-bond acceptors (Lipinski definition) is 3. The molecule has 126 valence electrons. The Hall–Kier alpha value is -2.23. The summed E-state index contributed by atoms with van der Waals surface area (Å²) in [6.07, 6.45) is 11.7. The molecule has 2 atom stereocenters. The first-order valence-corrected chi connectivity index (χ1v) is 8.83. The Morgan fingerprint density at radius 3 is 2.50 bits per heavy atom. The molecule has 2 unspecified atom stereocenters. The van der Waals surface area contributed by atoms with Crippen molar-refractivity contribution in [1.29, 1.82) is 0 Å². The maximum absolute atomic E-state index is 13.1. The molecule has 1 N–H and O–H groups in total. The molecule has 0 bridgehead atoms. The monoisotopic (exact) mass is 324 g/mol. The molecule has 0 amide bonds. The van der Waals surface area contributed by atoms with E-state index in [2.05, 4.69) is 9.97 Å². The smallest absolute Gasteiger partial charge is 0.251 e. The number of aromatic amines is 1. The summed E-state index contributed by atoms with van der Waals surface area (Å²) in [7, 11) is 0. The molecule has 0 spiro atoms. The van der Waals surface area contributed by atoms with E-state index in [9.17, 15) is 9.59 Å². The highest BCUT2D eigenvalue weighted by molar-refractivity contribution is 5.84. The third-order valence-corrected chi connectivity index (χ3v) is 4.98. The molecule has 2 aromatic heterocycles. The number of ketones is 1. The molecule has 1 fully saturated rings. The number of Topliss-reactive ketones (excluding diaryl/α,β-unsaturated/α-hetero) is 1. The molecule has 0 aromatic carbocycles. The van der Waals surface area contributed by atoms with Gasteiger partial charge >= 0.3 is 0 Å². The maximum atomic E-state index is 13.1. The van der Waals surface area contributed by atoms with Gasteiger partial charge in [0.05, 0.1) is 0 Å². The third-order valence-electron chi connectivity index (χ3n) is 4.98. The van der Waals surface area contributed by atoms with Crippen LogP contribution >= 0.6 is 0 Å². The van der Waals surface area contributed by atoms with Gasteiger partial charge in [0.25, 0.3) is 5.56 Å². The van der Waals surface area contributed by atoms with Crippen LogP contribution in [0.3, 0.4) is 0 Å². The first kappa shape index (κ1) is 16.6. The predicted molar refractivity (Wildman–Crippen MR) is 93.8 cm³/mol. The number of carbonyl (C=O) groups is 1. The Morgan fingerprint density at radius 1 is 1.00 bits per heavy atom. The fraction of sp³-hybridized carbons (Fsp3) is 0.450. The van der Waals surface area contributed by atoms with Gasteiger partial charge in [0.1, 0.15) is 5.78 Å². The van der Waals surface area contributed by atoms with E-state index in [4.69, 9.17) is 0 Å². The molecule has 0 aliphatic heterocycles. The van der Waals surface area contributed by atoms with E-state index in [0.717, 1.165) is 43.2 Å². The zero-order valence-corrected chi connectivity index (χ0v) is 13.9. The predicted octanol–water partition coefficient (Wildman–Crippen LogP) is 3.32. The molecule has 2 heterocycles. The van der Waals surface area contributed by atoms with Gasteiger partial charge < -0.3 is 4.98 Å². The molecule has 0 radical (unpaired) electrons. The second-order valence-corrected chi connectivity index (χ2v) is 6.73. The number of nitrogens with zero attached hydrogens (tertiary/aromatic N) is 1. The van der Waals surface area contributed by atoms with Crippen LogP contribution in [-0.2, 0) is 17.6 Å². The van der Waals surface area contributed by atoms with Gasteiger partial charge in [-0.3, -0.25) is 14.6 Å². The molecule has 1 saturated carbocycles. The lowest BCUT2D eigenvalue weighted by atomic mass is 9.78. The highest BCUT2D eigenvalue weighted by Crippen LogP contribution is 2.28. The summed E-state index contributed by atoms with van der Waals surface area (Å²) >= 11 is 0. The van der Waals surface area contributed by atoms with Gasteiger partial charge in [-0.15, -0.1) is 0 Å². The summed E-state index contributed by atoms with van der Waals surface area (Å²) in [6, 6.07) is 7.62. The van der Waals surface area contributed by atoms with E-state index >= 15 is 0 Å². The minimum Gasteiger partial charge on any atom is -0.329 e. The Bertz CT molecular complexity index is 724. The van der Waals surface area contributed by atoms with Crippen LogP contribution in [0.15, 0.2) is 47.7 Å². The van der Waals surface area contributed by atoms with Crippen LogP contribution < -0.4 is 5.56 Å². The summed E-state index contributed by atoms with van der Waals surface area (Å²) < 4.78 is 0. The molecule has 2 aromatic rings. The number of H-pyrrole nitrogens is 1. The zero-order valence-electron chi connectivity index (χ0n) is 13.9. The molecular formula is C20H24N2O2. The standard InChI is InChI=1S/C20H24N2O2/c23-19-16(12-15-6-4-10-21-14-15)7-2-1-3-8-17(19)13-18-9-5-11-22-20(18)24/h4-6,9-11,14,16-17H,1-3,7-8,12-13H2,(H,22,24). The molecule has 1 aliphatic rings. The van der Waals surface area contributed by atoms with Crippen molar-refractivity contribution < 1.29 is 4.79 Å². The maximum Gasteiger partial charge on any atom is 0.251 e. The fourth-order valence-corrected chi connectivity index (χ4v) is 3.67. The van der Waals surface area contributed by atoms with E-state index < -0.39 is 0 Å². The van der Waals surface area contributed by atoms with Gasteiger partial charge in [0.2, 0.25) is 0 Å². The quantitative estimate of drug-likeness (QED) is 0.938. The lowest BCUT2D eigenvalue weighted by Gasteiger charge is -2.25. The van der Waals surface area contributed by atoms with Crippen molar-refractivity contribution >= 4 is 5.78 Å². The average molecular weight is 324 g/mol. The van der Waals surface area contributed by atoms with Crippen molar-refractivity contribution in [3.05, 3.63) is 64.3 Å². The van der Waals surface area contributed by atoms with Crippen molar-refractivity contribution in [3.8, 4) is 0 Å². The first-order chi connectivity index (χ1) is 11.7. The van der Waals surface area contributed by atoms with Crippen LogP contribution in [0.2, 0.25) is 0 Å². The zero-order chi connectivity index (χ0) is 16.8. The van der Waals surface area contributed by atoms with Crippen molar-refractivity contribution in [2.75, 3.05) is 0 Å². The van der Waals surface area contributed by atoms with Gasteiger partial charge in [0.15, 0.2) is 0 Å². The highest BCUT2D eigenvalue weighted by atomic mass is 16.1. The van der Waals surface area contributed by atoms with Crippen LogP contribution in [0, 0.1) is 11.8 Å². The lowest BCUT2D eigenvalue weighted by molar-refractivity contribution is -0.127. The van der Waals surface area contributed by atoms with Gasteiger partial charge in [-0.05, 0) is 43.4 Å². The molecule has 4 nitrogen and oxygen atoms in total. The highest BCUT2D eigenvalue weighted by Gasteiger charge is 2.29. The lowest BCUT2D eigenvalue weighted by Crippen LogP contribution is -2.30. The molecular weight excluding hydrogens is 300 g/mol. The van der Waals surface area contributed by atoms with E-state index in [-0.39, 0.29) is 17.4 Å². The molecule has 1 aliphatic carbocycles. The largest absolute Gasteiger partial charge is 0.329 e. The number of rotatable bonds is 4. The number of pyridine rings is 2. The van der Waals surface area contributed by atoms with Gasteiger partial charge in [0, 0.05) is 36.0 Å². The van der Waals surface area contributed by atoms with Crippen LogP contribution in [0.1, 0.15) is 43.2 Å². The van der Waals surface area contributed by atoms with Gasteiger partial charge in [-0.2, -0.15) is 0 Å². The summed E-state index contributed by atoms with van der Waals surface area (Å²) in [5, 5.41) is 0. The van der Waals surface area contributed by atoms with Gasteiger partial charge in [-0.25, -0.2) is 0 Å². The molecule has 24 heavy (non-hydrogen) atoms. The summed E-state index contributed by atoms with van der Waals surface area (Å²) in [5.74, 6) is 0.319. The summed E-state index contributed by atoms with van der Waals surface area (Å²) in [5.41, 5.74) is 1.76. The van der Waals surface area contributed by atoms with E-state index in [1.165, 1.54) is 6.42 Å². The van der Waals surface area contributed by atoms with Crippen LogP contribution in [0.5, 0.6) is 0 Å². The Kier molecular flexibility index (Phi) is 5.57. The van der Waals surface area contributed by atoms with Crippen molar-refractivity contribution in [1.82, 2.24) is 9.97 Å². The van der Waals surface area contributed by atoms with E-state index in [0.29, 0.717) is 12.2 Å². The number of aromatic nitrogens is 2. The molecule has 3 rings (SSSR count). The third kappa shape index (κ3) is 4.19. The van der Waals surface area contributed by atoms with Gasteiger partial charge in [-0.1, -0.05) is 31.4 Å². The van der Waals surface area contributed by atoms with Crippen molar-refractivity contribution in [3.63, 3.8) is 0 Å². The summed E-state index contributed by atoms with van der Waals surface area (Å²) in [4.78, 5) is 31.9. The Balaban J connectivity index is 1.76. The average Bonchev–Trinajstić information content (AvgIpc) is 2.60. The number of hydrogen-bond donors (Lipinski definition) is 1. The molecule has 4 heteroatoms. The fourth-order valence-electron chi connectivity index (χ4n) is 3.67. The number of carbonyl (C=O) groups excluding carboxylic acids is 1. The normalized spacial score (nSPS) is 21.9. The second kappa shape index (κ2) is 8.04. The first-order valence-electron chi connectivity index (χ1n) is 8.83. The van der Waals surface area contributed by atoms with Crippen molar-refractivity contribution in [2.45, 2.75) is 44.9 Å². The second-order valence-electron chi connectivity index (χ2n) is 6.73. The van der Waals surface area contributed by atoms with E-state index in [1.54, 1.807) is 12.4 Å². The van der Waals surface area contributed by atoms with E-state index in [1.807, 2.05) is 30.5 Å². The topological polar surface area (TPSA) is 62.8 Å².